The van der Waals surface area contributed by atoms with Crippen LogP contribution < -0.4 is 10.6 Å². The van der Waals surface area contributed by atoms with Crippen molar-refractivity contribution in [2.24, 2.45) is 4.99 Å². The molecule has 0 amide bonds. The molecular weight excluding hydrogens is 325 g/mol. The van der Waals surface area contributed by atoms with Crippen LogP contribution in [0.3, 0.4) is 0 Å². The maximum absolute atomic E-state index is 13.8. The van der Waals surface area contributed by atoms with Gasteiger partial charge in [0.15, 0.2) is 5.96 Å². The van der Waals surface area contributed by atoms with E-state index in [1.54, 1.807) is 20.0 Å². The van der Waals surface area contributed by atoms with E-state index in [0.717, 1.165) is 44.1 Å². The van der Waals surface area contributed by atoms with Crippen LogP contribution >= 0.6 is 11.8 Å². The van der Waals surface area contributed by atoms with Gasteiger partial charge in [0.05, 0.1) is 6.04 Å². The fraction of sp³-hybridized carbons (Fsp3) is 0.611. The van der Waals surface area contributed by atoms with E-state index in [0.29, 0.717) is 5.56 Å². The highest BCUT2D eigenvalue weighted by Crippen LogP contribution is 2.33. The monoisotopic (exact) mass is 353 g/mol. The number of guanidine groups is 1. The number of rotatable bonds is 5. The molecule has 1 fully saturated rings. The molecule has 2 N–H and O–H groups in total. The van der Waals surface area contributed by atoms with Gasteiger partial charge in [-0.25, -0.2) is 4.39 Å². The van der Waals surface area contributed by atoms with Crippen LogP contribution in [0.4, 0.5) is 4.39 Å². The Labute approximate surface area is 148 Å². The van der Waals surface area contributed by atoms with Gasteiger partial charge in [0.1, 0.15) is 5.82 Å². The van der Waals surface area contributed by atoms with E-state index in [1.807, 2.05) is 30.8 Å². The van der Waals surface area contributed by atoms with E-state index in [-0.39, 0.29) is 16.6 Å². The van der Waals surface area contributed by atoms with Crippen LogP contribution in [0, 0.1) is 12.7 Å². The van der Waals surface area contributed by atoms with Crippen LogP contribution in [0.15, 0.2) is 23.2 Å². The average molecular weight is 354 g/mol. The van der Waals surface area contributed by atoms with Crippen LogP contribution in [-0.2, 0) is 4.74 Å². The highest BCUT2D eigenvalue weighted by Gasteiger charge is 2.31. The molecule has 24 heavy (non-hydrogen) atoms. The van der Waals surface area contributed by atoms with Crippen molar-refractivity contribution in [3.05, 3.63) is 35.1 Å². The van der Waals surface area contributed by atoms with Gasteiger partial charge in [-0.3, -0.25) is 4.99 Å². The Hall–Kier alpha value is -1.27. The van der Waals surface area contributed by atoms with Gasteiger partial charge in [-0.2, -0.15) is 11.8 Å². The molecule has 1 aromatic rings. The standard InChI is InChI=1S/C18H28FN3OS/c1-13-5-6-15(11-16(13)19)14(2)22-17(20-3)21-12-18(24-4)7-9-23-10-8-18/h5-6,11,14H,7-10,12H2,1-4H3,(H2,20,21,22). The number of aliphatic imine (C=N–C) groups is 1. The Balaban J connectivity index is 1.95. The molecule has 0 radical (unpaired) electrons. The molecule has 0 bridgehead atoms. The number of thioether (sulfide) groups is 1. The molecule has 1 aliphatic rings. The SMILES string of the molecule is CN=C(NCC1(SC)CCOCC1)NC(C)c1ccc(C)c(F)c1. The van der Waals surface area contributed by atoms with E-state index < -0.39 is 0 Å². The van der Waals surface area contributed by atoms with E-state index in [2.05, 4.69) is 21.9 Å². The lowest BCUT2D eigenvalue weighted by Crippen LogP contribution is -2.48. The minimum Gasteiger partial charge on any atom is -0.381 e. The van der Waals surface area contributed by atoms with Crippen LogP contribution in [0.2, 0.25) is 0 Å². The summed E-state index contributed by atoms with van der Waals surface area (Å²) < 4.78 is 19.4. The number of hydrogen-bond donors (Lipinski definition) is 2. The summed E-state index contributed by atoms with van der Waals surface area (Å²) in [4.78, 5) is 4.30. The van der Waals surface area contributed by atoms with E-state index in [1.165, 1.54) is 0 Å². The third-order valence-corrected chi connectivity index (χ3v) is 6.11. The summed E-state index contributed by atoms with van der Waals surface area (Å²) in [6.45, 7) is 6.25. The van der Waals surface area contributed by atoms with Crippen molar-refractivity contribution < 1.29 is 9.13 Å². The molecule has 1 aromatic carbocycles. The lowest BCUT2D eigenvalue weighted by atomic mass is 9.99. The zero-order chi connectivity index (χ0) is 17.6. The van der Waals surface area contributed by atoms with Gasteiger partial charge in [0.2, 0.25) is 0 Å². The first-order valence-corrected chi connectivity index (χ1v) is 9.58. The van der Waals surface area contributed by atoms with Crippen LogP contribution in [-0.4, -0.2) is 43.8 Å². The number of benzene rings is 1. The fourth-order valence-electron chi connectivity index (χ4n) is 2.80. The number of hydrogen-bond acceptors (Lipinski definition) is 3. The molecule has 6 heteroatoms. The molecule has 134 valence electrons. The van der Waals surface area contributed by atoms with Gasteiger partial charge in [-0.15, -0.1) is 0 Å². The number of ether oxygens (including phenoxy) is 1. The Kier molecular flexibility index (Phi) is 6.92. The third-order valence-electron chi connectivity index (χ3n) is 4.69. The molecule has 0 saturated carbocycles. The van der Waals surface area contributed by atoms with Gasteiger partial charge >= 0.3 is 0 Å². The summed E-state index contributed by atoms with van der Waals surface area (Å²) >= 11 is 1.89. The first-order chi connectivity index (χ1) is 11.5. The second-order valence-electron chi connectivity index (χ2n) is 6.30. The Morgan fingerprint density at radius 3 is 2.71 bits per heavy atom. The summed E-state index contributed by atoms with van der Waals surface area (Å²) in [7, 11) is 1.76. The molecule has 1 aliphatic heterocycles. The minimum atomic E-state index is -0.173. The number of aryl methyl sites for hydroxylation is 1. The smallest absolute Gasteiger partial charge is 0.191 e. The van der Waals surface area contributed by atoms with Crippen LogP contribution in [0.1, 0.15) is 36.9 Å². The molecule has 0 aliphatic carbocycles. The highest BCUT2D eigenvalue weighted by molar-refractivity contribution is 8.00. The van der Waals surface area contributed by atoms with Gasteiger partial charge < -0.3 is 15.4 Å². The fourth-order valence-corrected chi connectivity index (χ4v) is 3.59. The van der Waals surface area contributed by atoms with Crippen LogP contribution in [0.5, 0.6) is 0 Å². The summed E-state index contributed by atoms with van der Waals surface area (Å²) in [5.74, 6) is 0.566. The molecule has 2 rings (SSSR count). The highest BCUT2D eigenvalue weighted by atomic mass is 32.2. The van der Waals surface area contributed by atoms with Crippen LogP contribution in [0.25, 0.3) is 0 Å². The summed E-state index contributed by atoms with van der Waals surface area (Å²) in [6.07, 6.45) is 4.23. The third kappa shape index (κ3) is 4.86. The van der Waals surface area contributed by atoms with E-state index in [4.69, 9.17) is 4.74 Å². The molecule has 0 spiro atoms. The first-order valence-electron chi connectivity index (χ1n) is 8.36. The van der Waals surface area contributed by atoms with Gasteiger partial charge in [-0.1, -0.05) is 12.1 Å². The normalized spacial score (nSPS) is 19.0. The van der Waals surface area contributed by atoms with Crippen molar-refractivity contribution in [3.63, 3.8) is 0 Å². The molecule has 1 unspecified atom stereocenters. The largest absolute Gasteiger partial charge is 0.381 e. The van der Waals surface area contributed by atoms with E-state index in [9.17, 15) is 4.39 Å². The predicted molar refractivity (Wildman–Crippen MR) is 100 cm³/mol. The lowest BCUT2D eigenvalue weighted by Gasteiger charge is -2.36. The quantitative estimate of drug-likeness (QED) is 0.630. The van der Waals surface area contributed by atoms with Crippen molar-refractivity contribution in [2.75, 3.05) is 33.1 Å². The van der Waals surface area contributed by atoms with Gasteiger partial charge in [0, 0.05) is 31.6 Å². The van der Waals surface area contributed by atoms with Crippen molar-refractivity contribution in [2.45, 2.75) is 37.5 Å². The number of halogens is 1. The predicted octanol–water partition coefficient (Wildman–Crippen LogP) is 3.27. The summed E-state index contributed by atoms with van der Waals surface area (Å²) in [5.41, 5.74) is 1.57. The van der Waals surface area contributed by atoms with Crippen molar-refractivity contribution in [1.29, 1.82) is 0 Å². The lowest BCUT2D eigenvalue weighted by molar-refractivity contribution is 0.0782. The van der Waals surface area contributed by atoms with Crippen molar-refractivity contribution in [1.82, 2.24) is 10.6 Å². The van der Waals surface area contributed by atoms with Crippen molar-refractivity contribution >= 4 is 17.7 Å². The Morgan fingerprint density at radius 2 is 2.12 bits per heavy atom. The molecule has 1 saturated heterocycles. The second kappa shape index (κ2) is 8.72. The molecular formula is C18H28FN3OS. The second-order valence-corrected chi connectivity index (χ2v) is 7.57. The molecule has 1 atom stereocenters. The molecule has 4 nitrogen and oxygen atoms in total. The molecule has 1 heterocycles. The minimum absolute atomic E-state index is 0.0220. The number of nitrogens with zero attached hydrogens (tertiary/aromatic N) is 1. The summed E-state index contributed by atoms with van der Waals surface area (Å²) in [6, 6.07) is 5.32. The Bertz CT molecular complexity index is 573. The average Bonchev–Trinajstić information content (AvgIpc) is 2.61. The summed E-state index contributed by atoms with van der Waals surface area (Å²) in [5, 5.41) is 6.77. The topological polar surface area (TPSA) is 45.7 Å². The molecule has 0 aromatic heterocycles. The number of nitrogens with one attached hydrogen (secondary N) is 2. The Morgan fingerprint density at radius 1 is 1.42 bits per heavy atom. The zero-order valence-corrected chi connectivity index (χ0v) is 15.8. The van der Waals surface area contributed by atoms with Gasteiger partial charge in [0.25, 0.3) is 0 Å². The maximum atomic E-state index is 13.8. The maximum Gasteiger partial charge on any atom is 0.191 e. The first kappa shape index (κ1) is 19.1. The van der Waals surface area contributed by atoms with Gasteiger partial charge in [-0.05, 0) is 50.1 Å². The zero-order valence-electron chi connectivity index (χ0n) is 15.0. The van der Waals surface area contributed by atoms with E-state index >= 15 is 0 Å². The van der Waals surface area contributed by atoms with Crippen molar-refractivity contribution in [3.8, 4) is 0 Å².